The maximum atomic E-state index is 9.28. The molecule has 1 aromatic carbocycles. The van der Waals surface area contributed by atoms with Gasteiger partial charge in [0.1, 0.15) is 0 Å². The Labute approximate surface area is 120 Å². The van der Waals surface area contributed by atoms with Crippen molar-refractivity contribution in [2.45, 2.75) is 50.5 Å². The normalized spacial score (nSPS) is 37.2. The molecule has 0 unspecified atom stereocenters. The van der Waals surface area contributed by atoms with Crippen molar-refractivity contribution in [3.05, 3.63) is 46.3 Å². The van der Waals surface area contributed by atoms with E-state index in [1.54, 1.807) is 0 Å². The molecule has 3 saturated carbocycles. The summed E-state index contributed by atoms with van der Waals surface area (Å²) in [6, 6.07) is 10.6. The van der Waals surface area contributed by atoms with Crippen LogP contribution in [0.4, 0.5) is 0 Å². The molecule has 3 heteroatoms. The number of fused-ring (bicyclic) bond motifs is 3. The van der Waals surface area contributed by atoms with Gasteiger partial charge in [-0.3, -0.25) is 0 Å². The predicted octanol–water partition coefficient (Wildman–Crippen LogP) is 5.18. The number of hydrogen-bond donors (Lipinski definition) is 0. The van der Waals surface area contributed by atoms with Gasteiger partial charge in [-0.1, -0.05) is 48.3 Å². The minimum atomic E-state index is -0.261. The van der Waals surface area contributed by atoms with E-state index in [1.807, 2.05) is 0 Å². The van der Waals surface area contributed by atoms with Crippen molar-refractivity contribution in [1.82, 2.24) is 0 Å². The van der Waals surface area contributed by atoms with Crippen molar-refractivity contribution in [1.29, 1.82) is 0 Å². The monoisotopic (exact) mass is 267 g/mol. The molecular weight excluding hydrogens is 246 g/mol. The van der Waals surface area contributed by atoms with E-state index >= 15 is 0 Å². The van der Waals surface area contributed by atoms with Crippen molar-refractivity contribution in [2.75, 3.05) is 0 Å². The van der Waals surface area contributed by atoms with Gasteiger partial charge in [0.15, 0.2) is 0 Å². The van der Waals surface area contributed by atoms with Crippen LogP contribution in [0.15, 0.2) is 35.4 Å². The van der Waals surface area contributed by atoms with Crippen LogP contribution in [0.1, 0.15) is 50.5 Å². The zero-order valence-corrected chi connectivity index (χ0v) is 11.8. The molecule has 2 bridgehead atoms. The Bertz CT molecular complexity index is 555. The highest BCUT2D eigenvalue weighted by Gasteiger charge is 2.67. The standard InChI is InChI=1S/C17H21N3/c18-20-19-17(13-6-2-1-3-7-13)15-9-8-14(12-15)16(17)10-4-5-11-16/h1-3,6-7,14-15H,4-5,8-12H2/t14-,15+,17+/m0/s1. The highest BCUT2D eigenvalue weighted by atomic mass is 15.2. The summed E-state index contributed by atoms with van der Waals surface area (Å²) >= 11 is 0. The Morgan fingerprint density at radius 1 is 1.05 bits per heavy atom. The molecule has 0 radical (unpaired) electrons. The summed E-state index contributed by atoms with van der Waals surface area (Å²) in [7, 11) is 0. The summed E-state index contributed by atoms with van der Waals surface area (Å²) in [5.74, 6) is 1.34. The van der Waals surface area contributed by atoms with Gasteiger partial charge in [0.05, 0.1) is 5.54 Å². The summed E-state index contributed by atoms with van der Waals surface area (Å²) in [6.07, 6.45) is 8.97. The van der Waals surface area contributed by atoms with E-state index in [4.69, 9.17) is 0 Å². The Morgan fingerprint density at radius 2 is 1.75 bits per heavy atom. The van der Waals surface area contributed by atoms with Gasteiger partial charge >= 0.3 is 0 Å². The fourth-order valence-corrected chi connectivity index (χ4v) is 5.90. The first-order valence-electron chi connectivity index (χ1n) is 7.95. The van der Waals surface area contributed by atoms with Gasteiger partial charge in [0.2, 0.25) is 0 Å². The molecule has 0 amide bonds. The largest absolute Gasteiger partial charge is 0.0824 e. The summed E-state index contributed by atoms with van der Waals surface area (Å²) in [6.45, 7) is 0. The molecule has 1 aromatic rings. The lowest BCUT2D eigenvalue weighted by Crippen LogP contribution is -2.47. The van der Waals surface area contributed by atoms with E-state index in [-0.39, 0.29) is 11.0 Å². The van der Waals surface area contributed by atoms with E-state index in [0.29, 0.717) is 5.92 Å². The highest BCUT2D eigenvalue weighted by Crippen LogP contribution is 2.72. The van der Waals surface area contributed by atoms with Gasteiger partial charge in [-0.15, -0.1) is 0 Å². The molecule has 3 nitrogen and oxygen atoms in total. The first-order valence-corrected chi connectivity index (χ1v) is 7.95. The van der Waals surface area contributed by atoms with E-state index < -0.39 is 0 Å². The molecule has 1 spiro atoms. The van der Waals surface area contributed by atoms with Crippen molar-refractivity contribution in [3.8, 4) is 0 Å². The van der Waals surface area contributed by atoms with E-state index in [2.05, 4.69) is 40.4 Å². The molecule has 3 aliphatic rings. The molecule has 0 saturated heterocycles. The first kappa shape index (κ1) is 12.3. The molecule has 0 N–H and O–H groups in total. The van der Waals surface area contributed by atoms with E-state index in [0.717, 1.165) is 5.92 Å². The molecule has 3 aliphatic carbocycles. The Balaban J connectivity index is 1.95. The van der Waals surface area contributed by atoms with E-state index in [1.165, 1.54) is 50.5 Å². The van der Waals surface area contributed by atoms with Crippen LogP contribution < -0.4 is 0 Å². The SMILES string of the molecule is [N-]=[N+]=N[C@]1(c2ccccc2)[C@@H]2CC[C@@H](C2)C12CCCC2. The van der Waals surface area contributed by atoms with Gasteiger partial charge in [-0.05, 0) is 60.4 Å². The lowest BCUT2D eigenvalue weighted by Gasteiger charge is -2.49. The van der Waals surface area contributed by atoms with Crippen LogP contribution in [0.25, 0.3) is 10.4 Å². The molecule has 0 aromatic heterocycles. The molecule has 0 aliphatic heterocycles. The van der Waals surface area contributed by atoms with Crippen LogP contribution in [0.2, 0.25) is 0 Å². The van der Waals surface area contributed by atoms with Gasteiger partial charge in [0, 0.05) is 4.91 Å². The fraction of sp³-hybridized carbons (Fsp3) is 0.647. The zero-order valence-electron chi connectivity index (χ0n) is 11.8. The average Bonchev–Trinajstić information content (AvgIpc) is 3.19. The Kier molecular flexibility index (Phi) is 2.62. The van der Waals surface area contributed by atoms with Crippen LogP contribution in [-0.2, 0) is 5.54 Å². The summed E-state index contributed by atoms with van der Waals surface area (Å²) < 4.78 is 0. The van der Waals surface area contributed by atoms with Crippen LogP contribution in [0, 0.1) is 17.3 Å². The molecule has 3 fully saturated rings. The number of azide groups is 1. The maximum Gasteiger partial charge on any atom is 0.0824 e. The predicted molar refractivity (Wildman–Crippen MR) is 79.0 cm³/mol. The molecule has 104 valence electrons. The summed E-state index contributed by atoms with van der Waals surface area (Å²) in [4.78, 5) is 3.33. The third-order valence-corrected chi connectivity index (χ3v) is 6.48. The van der Waals surface area contributed by atoms with Gasteiger partial charge in [-0.25, -0.2) is 0 Å². The van der Waals surface area contributed by atoms with Crippen molar-refractivity contribution in [3.63, 3.8) is 0 Å². The third kappa shape index (κ3) is 1.29. The summed E-state index contributed by atoms with van der Waals surface area (Å²) in [5.41, 5.74) is 10.5. The third-order valence-electron chi connectivity index (χ3n) is 6.48. The number of nitrogens with zero attached hydrogens (tertiary/aromatic N) is 3. The minimum Gasteiger partial charge on any atom is -0.0817 e. The zero-order chi connectivity index (χ0) is 13.6. The average molecular weight is 267 g/mol. The van der Waals surface area contributed by atoms with Gasteiger partial charge < -0.3 is 0 Å². The quantitative estimate of drug-likeness (QED) is 0.402. The minimum absolute atomic E-state index is 0.253. The molecule has 20 heavy (non-hydrogen) atoms. The maximum absolute atomic E-state index is 9.28. The molecule has 0 heterocycles. The van der Waals surface area contributed by atoms with Crippen molar-refractivity contribution < 1.29 is 0 Å². The van der Waals surface area contributed by atoms with Gasteiger partial charge in [-0.2, -0.15) is 0 Å². The number of benzene rings is 1. The fourth-order valence-electron chi connectivity index (χ4n) is 5.90. The van der Waals surface area contributed by atoms with E-state index in [9.17, 15) is 5.53 Å². The number of rotatable bonds is 2. The Morgan fingerprint density at radius 3 is 2.45 bits per heavy atom. The van der Waals surface area contributed by atoms with Crippen LogP contribution >= 0.6 is 0 Å². The smallest absolute Gasteiger partial charge is 0.0817 e. The second-order valence-electron chi connectivity index (χ2n) is 6.89. The van der Waals surface area contributed by atoms with Crippen LogP contribution in [0.5, 0.6) is 0 Å². The molecule has 4 rings (SSSR count). The molecule has 3 atom stereocenters. The van der Waals surface area contributed by atoms with Crippen LogP contribution in [-0.4, -0.2) is 0 Å². The van der Waals surface area contributed by atoms with Crippen LogP contribution in [0.3, 0.4) is 0 Å². The number of hydrogen-bond acceptors (Lipinski definition) is 1. The van der Waals surface area contributed by atoms with Crippen molar-refractivity contribution >= 4 is 0 Å². The second kappa shape index (κ2) is 4.26. The summed E-state index contributed by atoms with van der Waals surface area (Å²) in [5, 5.41) is 4.52. The lowest BCUT2D eigenvalue weighted by atomic mass is 9.58. The second-order valence-corrected chi connectivity index (χ2v) is 6.89. The highest BCUT2D eigenvalue weighted by molar-refractivity contribution is 5.35. The Hall–Kier alpha value is -1.47. The molecular formula is C17H21N3. The van der Waals surface area contributed by atoms with Gasteiger partial charge in [0.25, 0.3) is 0 Å². The van der Waals surface area contributed by atoms with Crippen molar-refractivity contribution in [2.24, 2.45) is 22.4 Å². The lowest BCUT2D eigenvalue weighted by molar-refractivity contribution is 0.0517. The first-order chi connectivity index (χ1) is 9.83. The topological polar surface area (TPSA) is 48.8 Å².